The van der Waals surface area contributed by atoms with E-state index in [0.29, 0.717) is 32.0 Å². The minimum Gasteiger partial charge on any atom is -0.338 e. The van der Waals surface area contributed by atoms with Gasteiger partial charge in [-0.3, -0.25) is 0 Å². The first-order valence-electron chi connectivity index (χ1n) is 7.71. The van der Waals surface area contributed by atoms with Crippen LogP contribution in [-0.2, 0) is 22.3 Å². The van der Waals surface area contributed by atoms with Crippen LogP contribution in [0.25, 0.3) is 11.4 Å². The van der Waals surface area contributed by atoms with Crippen molar-refractivity contribution in [2.45, 2.75) is 12.3 Å². The average Bonchev–Trinajstić information content (AvgIpc) is 3.07. The number of hydrogen-bond acceptors (Lipinski definition) is 5. The van der Waals surface area contributed by atoms with Crippen LogP contribution in [0.1, 0.15) is 11.5 Å². The van der Waals surface area contributed by atoms with Gasteiger partial charge < -0.3 is 4.52 Å². The molecule has 0 aliphatic rings. The lowest BCUT2D eigenvalue weighted by Gasteiger charge is -2.16. The number of halogens is 3. The van der Waals surface area contributed by atoms with E-state index in [1.807, 2.05) is 0 Å². The minimum atomic E-state index is -3.70. The Labute approximate surface area is 171 Å². The Kier molecular flexibility index (Phi) is 6.08. The molecule has 0 aliphatic heterocycles. The number of rotatable bonds is 6. The smallest absolute Gasteiger partial charge is 0.242 e. The number of aromatic nitrogens is 2. The molecule has 0 saturated heterocycles. The molecule has 0 atom stereocenters. The predicted molar refractivity (Wildman–Crippen MR) is 105 cm³/mol. The van der Waals surface area contributed by atoms with Gasteiger partial charge in [-0.25, -0.2) is 8.42 Å². The standard InChI is InChI=1S/C17H14Cl3N3O3S/c1-23(27(24,25)10-13-14(19)3-2-4-15(13)20)9-16-21-17(22-26-16)11-5-7-12(18)8-6-11/h2-8H,9-10H2,1H3. The Morgan fingerprint density at radius 1 is 1.04 bits per heavy atom. The first kappa shape index (κ1) is 20.1. The fourth-order valence-corrected chi connectivity index (χ4v) is 4.31. The van der Waals surface area contributed by atoms with E-state index in [4.69, 9.17) is 39.3 Å². The minimum absolute atomic E-state index is 0.0784. The average molecular weight is 447 g/mol. The molecule has 3 aromatic rings. The van der Waals surface area contributed by atoms with Crippen LogP contribution >= 0.6 is 34.8 Å². The largest absolute Gasteiger partial charge is 0.338 e. The highest BCUT2D eigenvalue weighted by Crippen LogP contribution is 2.27. The second-order valence-electron chi connectivity index (χ2n) is 5.73. The van der Waals surface area contributed by atoms with E-state index in [0.717, 1.165) is 4.31 Å². The zero-order valence-corrected chi connectivity index (χ0v) is 17.1. The van der Waals surface area contributed by atoms with Gasteiger partial charge in [0.15, 0.2) is 0 Å². The zero-order valence-electron chi connectivity index (χ0n) is 14.1. The quantitative estimate of drug-likeness (QED) is 0.550. The van der Waals surface area contributed by atoms with Crippen LogP contribution < -0.4 is 0 Å². The first-order valence-corrected chi connectivity index (χ1v) is 10.5. The molecule has 0 aliphatic carbocycles. The molecule has 2 aromatic carbocycles. The van der Waals surface area contributed by atoms with E-state index in [-0.39, 0.29) is 18.2 Å². The van der Waals surface area contributed by atoms with Crippen LogP contribution in [0.5, 0.6) is 0 Å². The topological polar surface area (TPSA) is 76.3 Å². The summed E-state index contributed by atoms with van der Waals surface area (Å²) in [7, 11) is -2.28. The third-order valence-corrected chi connectivity index (χ3v) is 6.48. The Balaban J connectivity index is 1.75. The SMILES string of the molecule is CN(Cc1nc(-c2ccc(Cl)cc2)no1)S(=O)(=O)Cc1c(Cl)cccc1Cl. The number of hydrogen-bond donors (Lipinski definition) is 0. The highest BCUT2D eigenvalue weighted by molar-refractivity contribution is 7.88. The Hall–Kier alpha value is -1.64. The molecule has 142 valence electrons. The maximum atomic E-state index is 12.6. The van der Waals surface area contributed by atoms with Gasteiger partial charge in [0, 0.05) is 33.2 Å². The van der Waals surface area contributed by atoms with Gasteiger partial charge in [-0.1, -0.05) is 46.0 Å². The molecule has 10 heteroatoms. The van der Waals surface area contributed by atoms with Crippen molar-refractivity contribution in [2.24, 2.45) is 0 Å². The van der Waals surface area contributed by atoms with Gasteiger partial charge in [0.1, 0.15) is 0 Å². The summed E-state index contributed by atoms with van der Waals surface area (Å²) in [5.74, 6) is 0.179. The lowest BCUT2D eigenvalue weighted by atomic mass is 10.2. The highest BCUT2D eigenvalue weighted by atomic mass is 35.5. The summed E-state index contributed by atoms with van der Waals surface area (Å²) in [6.45, 7) is -0.0784. The summed E-state index contributed by atoms with van der Waals surface area (Å²) in [5.41, 5.74) is 1.06. The number of sulfonamides is 1. The fraction of sp³-hybridized carbons (Fsp3) is 0.176. The van der Waals surface area contributed by atoms with E-state index < -0.39 is 10.0 Å². The van der Waals surface area contributed by atoms with Gasteiger partial charge in [0.25, 0.3) is 0 Å². The van der Waals surface area contributed by atoms with Crippen molar-refractivity contribution in [1.82, 2.24) is 14.4 Å². The van der Waals surface area contributed by atoms with Gasteiger partial charge in [-0.15, -0.1) is 0 Å². The molecule has 3 rings (SSSR count). The van der Waals surface area contributed by atoms with E-state index in [1.54, 1.807) is 42.5 Å². The Morgan fingerprint density at radius 3 is 2.30 bits per heavy atom. The number of benzene rings is 2. The van der Waals surface area contributed by atoms with Gasteiger partial charge in [-0.2, -0.15) is 9.29 Å². The number of nitrogens with zero attached hydrogens (tertiary/aromatic N) is 3. The second kappa shape index (κ2) is 8.16. The third-order valence-electron chi connectivity index (χ3n) is 3.79. The molecule has 0 N–H and O–H groups in total. The van der Waals surface area contributed by atoms with Gasteiger partial charge in [0.2, 0.25) is 21.7 Å². The Morgan fingerprint density at radius 2 is 1.67 bits per heavy atom. The summed E-state index contributed by atoms with van der Waals surface area (Å²) in [5, 5.41) is 5.05. The van der Waals surface area contributed by atoms with Crippen LogP contribution in [0, 0.1) is 0 Å². The zero-order chi connectivity index (χ0) is 19.6. The third kappa shape index (κ3) is 4.80. The molecule has 0 bridgehead atoms. The van der Waals surface area contributed by atoms with Crippen molar-refractivity contribution < 1.29 is 12.9 Å². The van der Waals surface area contributed by atoms with E-state index in [9.17, 15) is 8.42 Å². The van der Waals surface area contributed by atoms with E-state index in [1.165, 1.54) is 7.05 Å². The molecule has 0 amide bonds. The van der Waals surface area contributed by atoms with Gasteiger partial charge >= 0.3 is 0 Å². The lowest BCUT2D eigenvalue weighted by Crippen LogP contribution is -2.28. The van der Waals surface area contributed by atoms with Crippen LogP contribution in [0.3, 0.4) is 0 Å². The molecule has 0 radical (unpaired) electrons. The van der Waals surface area contributed by atoms with Crippen molar-refractivity contribution in [2.75, 3.05) is 7.05 Å². The van der Waals surface area contributed by atoms with Gasteiger partial charge in [0.05, 0.1) is 12.3 Å². The second-order valence-corrected chi connectivity index (χ2v) is 9.06. The molecule has 0 spiro atoms. The van der Waals surface area contributed by atoms with Crippen molar-refractivity contribution in [1.29, 1.82) is 0 Å². The normalized spacial score (nSPS) is 11.9. The molecule has 0 unspecified atom stereocenters. The molecule has 1 aromatic heterocycles. The summed E-state index contributed by atoms with van der Waals surface area (Å²) < 4.78 is 31.5. The predicted octanol–water partition coefficient (Wildman–Crippen LogP) is 4.66. The van der Waals surface area contributed by atoms with E-state index >= 15 is 0 Å². The summed E-state index contributed by atoms with van der Waals surface area (Å²) in [4.78, 5) is 4.23. The monoisotopic (exact) mass is 445 g/mol. The molecule has 6 nitrogen and oxygen atoms in total. The molecule has 0 fully saturated rings. The summed E-state index contributed by atoms with van der Waals surface area (Å²) in [6.07, 6.45) is 0. The van der Waals surface area contributed by atoms with Crippen LogP contribution in [0.15, 0.2) is 47.0 Å². The molecular weight excluding hydrogens is 433 g/mol. The Bertz CT molecular complexity index is 1030. The van der Waals surface area contributed by atoms with Crippen molar-refractivity contribution in [3.63, 3.8) is 0 Å². The maximum Gasteiger partial charge on any atom is 0.242 e. The molecular formula is C17H14Cl3N3O3S. The van der Waals surface area contributed by atoms with Crippen LogP contribution in [0.4, 0.5) is 0 Å². The molecule has 1 heterocycles. The summed E-state index contributed by atoms with van der Waals surface area (Å²) in [6, 6.07) is 11.7. The lowest BCUT2D eigenvalue weighted by molar-refractivity contribution is 0.336. The molecule has 27 heavy (non-hydrogen) atoms. The van der Waals surface area contributed by atoms with Gasteiger partial charge in [-0.05, 0) is 36.4 Å². The van der Waals surface area contributed by atoms with Crippen LogP contribution in [0.2, 0.25) is 15.1 Å². The van der Waals surface area contributed by atoms with Crippen molar-refractivity contribution >= 4 is 44.8 Å². The fourth-order valence-electron chi connectivity index (χ4n) is 2.29. The van der Waals surface area contributed by atoms with Crippen molar-refractivity contribution in [3.05, 3.63) is 69.0 Å². The first-order chi connectivity index (χ1) is 12.8. The van der Waals surface area contributed by atoms with E-state index in [2.05, 4.69) is 10.1 Å². The van der Waals surface area contributed by atoms with Crippen molar-refractivity contribution in [3.8, 4) is 11.4 Å². The maximum absolute atomic E-state index is 12.6. The highest BCUT2D eigenvalue weighted by Gasteiger charge is 2.24. The summed E-state index contributed by atoms with van der Waals surface area (Å²) >= 11 is 18.0. The molecule has 0 saturated carbocycles. The van der Waals surface area contributed by atoms with Crippen LogP contribution in [-0.4, -0.2) is 29.9 Å².